The van der Waals surface area contributed by atoms with E-state index in [0.717, 1.165) is 50.2 Å². The lowest BCUT2D eigenvalue weighted by Crippen LogP contribution is -2.63. The number of hydrogen-bond acceptors (Lipinski definition) is 6. The molecule has 1 N–H and O–H groups in total. The fourth-order valence-corrected chi connectivity index (χ4v) is 7.12. The van der Waals surface area contributed by atoms with Gasteiger partial charge in [-0.05, 0) is 50.1 Å². The van der Waals surface area contributed by atoms with Crippen LogP contribution in [0.4, 0.5) is 0 Å². The van der Waals surface area contributed by atoms with Gasteiger partial charge in [0.15, 0.2) is 11.3 Å². The fourth-order valence-electron chi connectivity index (χ4n) is 7.12. The standard InChI is InChI=1S/C36H29N5O3/c1-21-7-6-8-24(15-21)29-17-25-18-37-30-16-22(2)39-41(30)32(25)38-31(29)23-11-13-26(14-12-23)36(19-35(3,44)20-36)40-33(42)27-9-4-5-10-28(27)34(40)43/h4-18,44H,19-20H2,1-3H3/t35-,36-. The van der Waals surface area contributed by atoms with Gasteiger partial charge in [-0.2, -0.15) is 9.61 Å². The lowest BCUT2D eigenvalue weighted by molar-refractivity contribution is -0.118. The van der Waals surface area contributed by atoms with Crippen LogP contribution in [0.1, 0.15) is 57.3 Å². The highest BCUT2D eigenvalue weighted by atomic mass is 16.3. The average Bonchev–Trinajstić information content (AvgIpc) is 3.51. The van der Waals surface area contributed by atoms with E-state index in [4.69, 9.17) is 4.98 Å². The molecule has 2 amide bonds. The summed E-state index contributed by atoms with van der Waals surface area (Å²) < 4.78 is 1.77. The lowest BCUT2D eigenvalue weighted by atomic mass is 9.61. The van der Waals surface area contributed by atoms with E-state index in [0.29, 0.717) is 16.8 Å². The molecule has 1 aliphatic carbocycles. The van der Waals surface area contributed by atoms with Gasteiger partial charge in [-0.1, -0.05) is 66.2 Å². The molecule has 8 nitrogen and oxygen atoms in total. The van der Waals surface area contributed by atoms with E-state index < -0.39 is 11.1 Å². The molecule has 3 aromatic heterocycles. The Morgan fingerprint density at radius 3 is 2.16 bits per heavy atom. The Morgan fingerprint density at radius 1 is 0.795 bits per heavy atom. The number of hydrogen-bond donors (Lipinski definition) is 1. The third-order valence-electron chi connectivity index (χ3n) is 8.97. The van der Waals surface area contributed by atoms with Crippen molar-refractivity contribution in [2.45, 2.75) is 44.8 Å². The van der Waals surface area contributed by atoms with Crippen molar-refractivity contribution in [3.05, 3.63) is 119 Å². The van der Waals surface area contributed by atoms with Crippen LogP contribution in [0, 0.1) is 13.8 Å². The van der Waals surface area contributed by atoms with Crippen LogP contribution in [-0.2, 0) is 5.54 Å². The van der Waals surface area contributed by atoms with Crippen molar-refractivity contribution in [2.24, 2.45) is 0 Å². The highest BCUT2D eigenvalue weighted by Crippen LogP contribution is 2.54. The topological polar surface area (TPSA) is 101 Å². The first-order chi connectivity index (χ1) is 21.1. The molecule has 3 aromatic carbocycles. The van der Waals surface area contributed by atoms with Crippen molar-refractivity contribution in [1.82, 2.24) is 24.5 Å². The molecule has 8 rings (SSSR count). The van der Waals surface area contributed by atoms with Crippen LogP contribution >= 0.6 is 0 Å². The second-order valence-electron chi connectivity index (χ2n) is 12.4. The van der Waals surface area contributed by atoms with Crippen molar-refractivity contribution >= 4 is 28.5 Å². The molecule has 0 bridgehead atoms. The summed E-state index contributed by atoms with van der Waals surface area (Å²) in [6, 6.07) is 27.2. The third-order valence-corrected chi connectivity index (χ3v) is 8.97. The molecule has 2 aliphatic rings. The van der Waals surface area contributed by atoms with Crippen LogP contribution in [0.25, 0.3) is 39.1 Å². The van der Waals surface area contributed by atoms with Crippen LogP contribution < -0.4 is 0 Å². The Kier molecular flexibility index (Phi) is 5.49. The second-order valence-corrected chi connectivity index (χ2v) is 12.4. The Balaban J connectivity index is 1.28. The molecule has 0 spiro atoms. The highest BCUT2D eigenvalue weighted by molar-refractivity contribution is 6.22. The minimum Gasteiger partial charge on any atom is -0.390 e. The molecule has 1 saturated carbocycles. The molecule has 0 atom stereocenters. The predicted octanol–water partition coefficient (Wildman–Crippen LogP) is 6.26. The summed E-state index contributed by atoms with van der Waals surface area (Å²) in [5.41, 5.74) is 6.75. The summed E-state index contributed by atoms with van der Waals surface area (Å²) in [5, 5.41) is 16.4. The zero-order valence-corrected chi connectivity index (χ0v) is 24.6. The van der Waals surface area contributed by atoms with Crippen LogP contribution in [-0.4, -0.2) is 47.0 Å². The van der Waals surface area contributed by atoms with Crippen molar-refractivity contribution in [1.29, 1.82) is 0 Å². The molecular weight excluding hydrogens is 550 g/mol. The first-order valence-corrected chi connectivity index (χ1v) is 14.7. The summed E-state index contributed by atoms with van der Waals surface area (Å²) in [6.45, 7) is 5.75. The minimum absolute atomic E-state index is 0.261. The van der Waals surface area contributed by atoms with Crippen LogP contribution in [0.5, 0.6) is 0 Å². The zero-order chi connectivity index (χ0) is 30.4. The summed E-state index contributed by atoms with van der Waals surface area (Å²) in [4.78, 5) is 38.3. The maximum absolute atomic E-state index is 13.6. The van der Waals surface area contributed by atoms with Gasteiger partial charge in [0.25, 0.3) is 11.8 Å². The molecule has 44 heavy (non-hydrogen) atoms. The summed E-state index contributed by atoms with van der Waals surface area (Å²) in [5.74, 6) is -0.648. The SMILES string of the molecule is Cc1cccc(-c2cc3cnc4cc(C)nn4c3nc2-c2ccc([C@]3(N4C(=O)c5ccccc5C4=O)C[C@](C)(O)C3)cc2)c1. The maximum Gasteiger partial charge on any atom is 0.262 e. The first kappa shape index (κ1) is 26.4. The first-order valence-electron chi connectivity index (χ1n) is 14.7. The van der Waals surface area contributed by atoms with E-state index in [2.05, 4.69) is 41.3 Å². The number of benzene rings is 3. The second kappa shape index (κ2) is 9.14. The van der Waals surface area contributed by atoms with Gasteiger partial charge in [0, 0.05) is 41.6 Å². The Hall–Kier alpha value is -5.21. The van der Waals surface area contributed by atoms with Crippen molar-refractivity contribution < 1.29 is 14.7 Å². The number of nitrogens with zero attached hydrogens (tertiary/aromatic N) is 5. The number of aliphatic hydroxyl groups is 1. The largest absolute Gasteiger partial charge is 0.390 e. The van der Waals surface area contributed by atoms with E-state index in [9.17, 15) is 14.7 Å². The highest BCUT2D eigenvalue weighted by Gasteiger charge is 2.60. The monoisotopic (exact) mass is 579 g/mol. The van der Waals surface area contributed by atoms with Gasteiger partial charge in [-0.3, -0.25) is 14.5 Å². The number of aryl methyl sites for hydroxylation is 2. The van der Waals surface area contributed by atoms with Gasteiger partial charge in [0.1, 0.15) is 0 Å². The third kappa shape index (κ3) is 3.84. The number of fused-ring (bicyclic) bond motifs is 4. The van der Waals surface area contributed by atoms with Gasteiger partial charge in [0.2, 0.25) is 0 Å². The predicted molar refractivity (Wildman–Crippen MR) is 167 cm³/mol. The van der Waals surface area contributed by atoms with E-state index in [1.807, 2.05) is 49.5 Å². The van der Waals surface area contributed by atoms with Crippen LogP contribution in [0.2, 0.25) is 0 Å². The smallest absolute Gasteiger partial charge is 0.262 e. The molecule has 1 aliphatic heterocycles. The number of carbonyl (C=O) groups is 2. The van der Waals surface area contributed by atoms with E-state index in [1.165, 1.54) is 4.90 Å². The van der Waals surface area contributed by atoms with Crippen molar-refractivity contribution in [2.75, 3.05) is 0 Å². The molecule has 1 fully saturated rings. The Labute approximate surface area is 253 Å². The van der Waals surface area contributed by atoms with Gasteiger partial charge in [-0.25, -0.2) is 9.97 Å². The molecule has 0 saturated heterocycles. The molecular formula is C36H29N5O3. The molecule has 0 unspecified atom stereocenters. The zero-order valence-electron chi connectivity index (χ0n) is 24.6. The van der Waals surface area contributed by atoms with Gasteiger partial charge < -0.3 is 5.11 Å². The number of amides is 2. The fraction of sp³-hybridized carbons (Fsp3) is 0.194. The van der Waals surface area contributed by atoms with Crippen LogP contribution in [0.3, 0.4) is 0 Å². The minimum atomic E-state index is -0.993. The molecule has 216 valence electrons. The Morgan fingerprint density at radius 2 is 1.50 bits per heavy atom. The molecule has 0 radical (unpaired) electrons. The van der Waals surface area contributed by atoms with E-state index >= 15 is 0 Å². The van der Waals surface area contributed by atoms with Gasteiger partial charge >= 0.3 is 0 Å². The number of carbonyl (C=O) groups excluding carboxylic acids is 2. The van der Waals surface area contributed by atoms with E-state index in [-0.39, 0.29) is 24.7 Å². The average molecular weight is 580 g/mol. The summed E-state index contributed by atoms with van der Waals surface area (Å²) in [6.07, 6.45) is 2.35. The van der Waals surface area contributed by atoms with Crippen molar-refractivity contribution in [3.8, 4) is 22.4 Å². The van der Waals surface area contributed by atoms with Crippen LogP contribution in [0.15, 0.2) is 91.1 Å². The maximum atomic E-state index is 13.6. The Bertz CT molecular complexity index is 2140. The van der Waals surface area contributed by atoms with E-state index in [1.54, 1.807) is 35.7 Å². The molecule has 8 heteroatoms. The normalized spacial score (nSPS) is 21.2. The lowest BCUT2D eigenvalue weighted by Gasteiger charge is -2.55. The summed E-state index contributed by atoms with van der Waals surface area (Å²) >= 11 is 0. The van der Waals surface area contributed by atoms with Gasteiger partial charge in [-0.15, -0.1) is 0 Å². The number of imide groups is 1. The number of rotatable bonds is 4. The number of pyridine rings is 1. The molecule has 4 heterocycles. The quantitative estimate of drug-likeness (QED) is 0.247. The number of aromatic nitrogens is 4. The van der Waals surface area contributed by atoms with Crippen molar-refractivity contribution in [3.63, 3.8) is 0 Å². The summed E-state index contributed by atoms with van der Waals surface area (Å²) in [7, 11) is 0. The molecule has 6 aromatic rings. The van der Waals surface area contributed by atoms with Gasteiger partial charge in [0.05, 0.1) is 33.7 Å².